The molecule has 0 radical (unpaired) electrons. The second kappa shape index (κ2) is 7.72. The molecule has 0 saturated carbocycles. The molecule has 3 unspecified atom stereocenters. The van der Waals surface area contributed by atoms with Crippen molar-refractivity contribution in [3.05, 3.63) is 35.5 Å². The maximum atomic E-state index is 4.33. The van der Waals surface area contributed by atoms with E-state index in [2.05, 4.69) is 53.3 Å². The largest absolute Gasteiger partial charge is 0.0995 e. The lowest BCUT2D eigenvalue weighted by Gasteiger charge is -2.25. The standard InChI is InChI=1S/C19H32/c1-7-9-19-11-10-15(4)17(6)18(8-2)13-14(3)12-16(19)5/h10-11,15-16,19H,3,7-9,12-13H2,1-2,4-6H3. The summed E-state index contributed by atoms with van der Waals surface area (Å²) in [5.41, 5.74) is 4.58. The van der Waals surface area contributed by atoms with Crippen LogP contribution >= 0.6 is 0 Å². The second-order valence-electron chi connectivity index (χ2n) is 6.37. The van der Waals surface area contributed by atoms with E-state index in [-0.39, 0.29) is 0 Å². The zero-order valence-electron chi connectivity index (χ0n) is 13.6. The molecule has 0 heteroatoms. The van der Waals surface area contributed by atoms with Crippen molar-refractivity contribution in [2.24, 2.45) is 17.8 Å². The normalized spacial score (nSPS) is 29.7. The van der Waals surface area contributed by atoms with Crippen molar-refractivity contribution in [2.75, 3.05) is 0 Å². The Morgan fingerprint density at radius 2 is 1.89 bits per heavy atom. The van der Waals surface area contributed by atoms with Gasteiger partial charge in [-0.25, -0.2) is 0 Å². The fourth-order valence-electron chi connectivity index (χ4n) is 3.20. The molecule has 108 valence electrons. The van der Waals surface area contributed by atoms with E-state index < -0.39 is 0 Å². The van der Waals surface area contributed by atoms with Gasteiger partial charge >= 0.3 is 0 Å². The Morgan fingerprint density at radius 1 is 1.21 bits per heavy atom. The molecule has 0 aromatic heterocycles. The fourth-order valence-corrected chi connectivity index (χ4v) is 3.20. The van der Waals surface area contributed by atoms with Crippen LogP contribution in [0.1, 0.15) is 66.7 Å². The molecule has 1 rings (SSSR count). The summed E-state index contributed by atoms with van der Waals surface area (Å²) in [4.78, 5) is 0. The number of hydrogen-bond acceptors (Lipinski definition) is 0. The van der Waals surface area contributed by atoms with E-state index >= 15 is 0 Å². The van der Waals surface area contributed by atoms with E-state index in [1.807, 2.05) is 0 Å². The molecule has 0 aromatic rings. The maximum absolute atomic E-state index is 4.33. The van der Waals surface area contributed by atoms with Crippen LogP contribution in [0.15, 0.2) is 35.5 Å². The highest BCUT2D eigenvalue weighted by molar-refractivity contribution is 5.24. The van der Waals surface area contributed by atoms with E-state index in [0.29, 0.717) is 5.92 Å². The Morgan fingerprint density at radius 3 is 2.47 bits per heavy atom. The molecular formula is C19H32. The van der Waals surface area contributed by atoms with Crippen LogP contribution < -0.4 is 0 Å². The summed E-state index contributed by atoms with van der Waals surface area (Å²) >= 11 is 0. The van der Waals surface area contributed by atoms with Crippen LogP contribution in [0.5, 0.6) is 0 Å². The molecule has 0 aliphatic heterocycles. The first-order valence-corrected chi connectivity index (χ1v) is 8.03. The fraction of sp³-hybridized carbons (Fsp3) is 0.684. The summed E-state index contributed by atoms with van der Waals surface area (Å²) < 4.78 is 0. The average Bonchev–Trinajstić information content (AvgIpc) is 2.38. The van der Waals surface area contributed by atoms with Gasteiger partial charge in [-0.15, -0.1) is 0 Å². The molecule has 0 amide bonds. The first kappa shape index (κ1) is 16.3. The van der Waals surface area contributed by atoms with Crippen molar-refractivity contribution in [3.8, 4) is 0 Å². The predicted molar refractivity (Wildman–Crippen MR) is 87.2 cm³/mol. The van der Waals surface area contributed by atoms with Crippen LogP contribution in [0.25, 0.3) is 0 Å². The highest BCUT2D eigenvalue weighted by atomic mass is 14.2. The van der Waals surface area contributed by atoms with Crippen molar-refractivity contribution < 1.29 is 0 Å². The van der Waals surface area contributed by atoms with Crippen LogP contribution in [-0.4, -0.2) is 0 Å². The van der Waals surface area contributed by atoms with E-state index in [4.69, 9.17) is 0 Å². The van der Waals surface area contributed by atoms with E-state index in [1.165, 1.54) is 24.8 Å². The van der Waals surface area contributed by atoms with Crippen molar-refractivity contribution in [2.45, 2.75) is 66.7 Å². The lowest BCUT2D eigenvalue weighted by atomic mass is 9.80. The smallest absolute Gasteiger partial charge is 0.00515 e. The van der Waals surface area contributed by atoms with Gasteiger partial charge in [0.2, 0.25) is 0 Å². The minimum Gasteiger partial charge on any atom is -0.0995 e. The zero-order valence-corrected chi connectivity index (χ0v) is 13.6. The molecule has 0 N–H and O–H groups in total. The monoisotopic (exact) mass is 260 g/mol. The molecule has 0 aromatic carbocycles. The topological polar surface area (TPSA) is 0 Å². The van der Waals surface area contributed by atoms with Crippen molar-refractivity contribution in [3.63, 3.8) is 0 Å². The molecule has 1 aliphatic rings. The van der Waals surface area contributed by atoms with Crippen LogP contribution in [0.4, 0.5) is 0 Å². The molecule has 0 bridgehead atoms. The van der Waals surface area contributed by atoms with E-state index in [9.17, 15) is 0 Å². The lowest BCUT2D eigenvalue weighted by molar-refractivity contribution is 0.393. The van der Waals surface area contributed by atoms with Gasteiger partial charge in [0.1, 0.15) is 0 Å². The lowest BCUT2D eigenvalue weighted by Crippen LogP contribution is -2.12. The molecule has 0 spiro atoms. The van der Waals surface area contributed by atoms with Gasteiger partial charge in [0, 0.05) is 0 Å². The van der Waals surface area contributed by atoms with E-state index in [1.54, 1.807) is 11.1 Å². The van der Waals surface area contributed by atoms with Gasteiger partial charge in [0.05, 0.1) is 0 Å². The molecule has 0 saturated heterocycles. The first-order chi connectivity index (χ1) is 8.99. The highest BCUT2D eigenvalue weighted by Gasteiger charge is 2.18. The Labute approximate surface area is 120 Å². The van der Waals surface area contributed by atoms with Gasteiger partial charge in [-0.2, -0.15) is 0 Å². The molecule has 0 heterocycles. The molecule has 3 atom stereocenters. The summed E-state index contributed by atoms with van der Waals surface area (Å²) in [6.07, 6.45) is 11.0. The second-order valence-corrected chi connectivity index (χ2v) is 6.37. The quantitative estimate of drug-likeness (QED) is 0.522. The van der Waals surface area contributed by atoms with Crippen molar-refractivity contribution in [1.29, 1.82) is 0 Å². The summed E-state index contributed by atoms with van der Waals surface area (Å²) in [6.45, 7) is 15.9. The first-order valence-electron chi connectivity index (χ1n) is 8.03. The summed E-state index contributed by atoms with van der Waals surface area (Å²) in [5.74, 6) is 2.03. The maximum Gasteiger partial charge on any atom is -0.00515 e. The summed E-state index contributed by atoms with van der Waals surface area (Å²) in [7, 11) is 0. The Kier molecular flexibility index (Phi) is 6.62. The average molecular weight is 260 g/mol. The Bertz CT molecular complexity index is 356. The summed E-state index contributed by atoms with van der Waals surface area (Å²) in [6, 6.07) is 0. The molecule has 19 heavy (non-hydrogen) atoms. The number of rotatable bonds is 3. The van der Waals surface area contributed by atoms with Crippen molar-refractivity contribution >= 4 is 0 Å². The third kappa shape index (κ3) is 4.67. The van der Waals surface area contributed by atoms with E-state index in [0.717, 1.165) is 24.7 Å². The van der Waals surface area contributed by atoms with Crippen molar-refractivity contribution in [1.82, 2.24) is 0 Å². The minimum atomic E-state index is 0.576. The molecule has 0 fully saturated rings. The molecule has 1 aliphatic carbocycles. The number of allylic oxidation sites excluding steroid dienone is 5. The predicted octanol–water partition coefficient (Wildman–Crippen LogP) is 6.31. The van der Waals surface area contributed by atoms with Gasteiger partial charge in [0.15, 0.2) is 0 Å². The number of hydrogen-bond donors (Lipinski definition) is 0. The van der Waals surface area contributed by atoms with Crippen LogP contribution in [0.3, 0.4) is 0 Å². The van der Waals surface area contributed by atoms with Gasteiger partial charge in [0.25, 0.3) is 0 Å². The SMILES string of the molecule is C=C1CC(CC)=C(C)C(C)C=CC(CCC)C(C)C1. The Balaban J connectivity index is 3.02. The van der Waals surface area contributed by atoms with Gasteiger partial charge < -0.3 is 0 Å². The van der Waals surface area contributed by atoms with Gasteiger partial charge in [-0.3, -0.25) is 0 Å². The van der Waals surface area contributed by atoms with Crippen LogP contribution in [0.2, 0.25) is 0 Å². The van der Waals surface area contributed by atoms with Crippen LogP contribution in [0, 0.1) is 17.8 Å². The molecule has 0 nitrogen and oxygen atoms in total. The minimum absolute atomic E-state index is 0.576. The Hall–Kier alpha value is -0.780. The highest BCUT2D eigenvalue weighted by Crippen LogP contribution is 2.32. The molecular weight excluding hydrogens is 228 g/mol. The third-order valence-electron chi connectivity index (χ3n) is 4.74. The van der Waals surface area contributed by atoms with Gasteiger partial charge in [-0.1, -0.05) is 69.6 Å². The third-order valence-corrected chi connectivity index (χ3v) is 4.74. The van der Waals surface area contributed by atoms with Crippen LogP contribution in [-0.2, 0) is 0 Å². The zero-order chi connectivity index (χ0) is 14.4. The summed E-state index contributed by atoms with van der Waals surface area (Å²) in [5, 5.41) is 0. The van der Waals surface area contributed by atoms with Gasteiger partial charge in [-0.05, 0) is 50.4 Å².